The molecule has 1 aromatic carbocycles. The Morgan fingerprint density at radius 1 is 1.29 bits per heavy atom. The van der Waals surface area contributed by atoms with E-state index in [1.54, 1.807) is 14.2 Å². The molecule has 1 atom stereocenters. The van der Waals surface area contributed by atoms with Crippen LogP contribution in [0.4, 0.5) is 5.69 Å². The Kier molecular flexibility index (Phi) is 4.65. The van der Waals surface area contributed by atoms with Gasteiger partial charge in [-0.15, -0.1) is 0 Å². The third kappa shape index (κ3) is 3.04. The first-order valence-electron chi connectivity index (χ1n) is 5.45. The lowest BCUT2D eigenvalue weighted by molar-refractivity contribution is 0.355. The van der Waals surface area contributed by atoms with E-state index in [0.29, 0.717) is 17.9 Å². The van der Waals surface area contributed by atoms with Gasteiger partial charge < -0.3 is 14.4 Å². The van der Waals surface area contributed by atoms with Gasteiger partial charge in [0, 0.05) is 24.8 Å². The van der Waals surface area contributed by atoms with Gasteiger partial charge in [-0.3, -0.25) is 0 Å². The van der Waals surface area contributed by atoms with Crippen LogP contribution in [0.3, 0.4) is 0 Å². The first-order chi connectivity index (χ1) is 8.13. The van der Waals surface area contributed by atoms with Crippen molar-refractivity contribution in [3.05, 3.63) is 18.2 Å². The number of anilines is 1. The van der Waals surface area contributed by atoms with E-state index in [4.69, 9.17) is 14.7 Å². The maximum atomic E-state index is 8.69. The first kappa shape index (κ1) is 13.2. The summed E-state index contributed by atoms with van der Waals surface area (Å²) in [5, 5.41) is 8.69. The molecular formula is C13H18N2O2. The summed E-state index contributed by atoms with van der Waals surface area (Å²) in [6, 6.07) is 8.06. The molecule has 0 bridgehead atoms. The summed E-state index contributed by atoms with van der Waals surface area (Å²) in [5.41, 5.74) is 1.01. The van der Waals surface area contributed by atoms with Crippen molar-refractivity contribution in [2.75, 3.05) is 26.2 Å². The summed E-state index contributed by atoms with van der Waals surface area (Å²) < 4.78 is 10.4. The average Bonchev–Trinajstić information content (AvgIpc) is 2.37. The number of hydrogen-bond acceptors (Lipinski definition) is 4. The van der Waals surface area contributed by atoms with E-state index >= 15 is 0 Å². The highest BCUT2D eigenvalue weighted by Crippen LogP contribution is 2.31. The Morgan fingerprint density at radius 3 is 2.47 bits per heavy atom. The second-order valence-electron chi connectivity index (χ2n) is 3.86. The average molecular weight is 234 g/mol. The summed E-state index contributed by atoms with van der Waals surface area (Å²) in [4.78, 5) is 2.05. The fourth-order valence-corrected chi connectivity index (χ4v) is 1.57. The van der Waals surface area contributed by atoms with E-state index in [9.17, 15) is 0 Å². The molecule has 0 aromatic heterocycles. The van der Waals surface area contributed by atoms with Gasteiger partial charge in [-0.2, -0.15) is 5.26 Å². The number of ether oxygens (including phenoxy) is 2. The zero-order chi connectivity index (χ0) is 12.8. The van der Waals surface area contributed by atoms with Gasteiger partial charge in [-0.05, 0) is 19.1 Å². The molecule has 1 unspecified atom stereocenters. The van der Waals surface area contributed by atoms with Gasteiger partial charge in [0.2, 0.25) is 0 Å². The minimum Gasteiger partial charge on any atom is -0.493 e. The smallest absolute Gasteiger partial charge is 0.162 e. The van der Waals surface area contributed by atoms with Crippen LogP contribution in [0, 0.1) is 11.3 Å². The number of nitriles is 1. The van der Waals surface area contributed by atoms with Gasteiger partial charge in [0.15, 0.2) is 11.5 Å². The molecule has 4 nitrogen and oxygen atoms in total. The number of nitrogens with zero attached hydrogens (tertiary/aromatic N) is 2. The molecule has 0 saturated heterocycles. The van der Waals surface area contributed by atoms with Gasteiger partial charge in [0.25, 0.3) is 0 Å². The molecule has 0 aliphatic heterocycles. The number of hydrogen-bond donors (Lipinski definition) is 0. The van der Waals surface area contributed by atoms with E-state index in [0.717, 1.165) is 5.69 Å². The lowest BCUT2D eigenvalue weighted by Gasteiger charge is -2.25. The Balaban J connectivity index is 2.95. The fraction of sp³-hybridized carbons (Fsp3) is 0.462. The topological polar surface area (TPSA) is 45.5 Å². The highest BCUT2D eigenvalue weighted by molar-refractivity contribution is 5.56. The van der Waals surface area contributed by atoms with E-state index in [1.807, 2.05) is 37.1 Å². The Bertz CT molecular complexity index is 412. The van der Waals surface area contributed by atoms with Crippen LogP contribution in [-0.2, 0) is 0 Å². The second-order valence-corrected chi connectivity index (χ2v) is 3.86. The van der Waals surface area contributed by atoms with Crippen molar-refractivity contribution in [1.29, 1.82) is 5.26 Å². The largest absolute Gasteiger partial charge is 0.493 e. The summed E-state index contributed by atoms with van der Waals surface area (Å²) in [6.45, 7) is 2.01. The van der Waals surface area contributed by atoms with Gasteiger partial charge >= 0.3 is 0 Å². The molecule has 17 heavy (non-hydrogen) atoms. The zero-order valence-corrected chi connectivity index (χ0v) is 10.7. The highest BCUT2D eigenvalue weighted by atomic mass is 16.5. The van der Waals surface area contributed by atoms with E-state index in [1.165, 1.54) is 0 Å². The van der Waals surface area contributed by atoms with Gasteiger partial charge in [-0.1, -0.05) is 0 Å². The van der Waals surface area contributed by atoms with Crippen molar-refractivity contribution in [1.82, 2.24) is 0 Å². The summed E-state index contributed by atoms with van der Waals surface area (Å²) in [7, 11) is 5.18. The minimum absolute atomic E-state index is 0.165. The van der Waals surface area contributed by atoms with E-state index in [2.05, 4.69) is 6.07 Å². The lowest BCUT2D eigenvalue weighted by atomic mass is 10.2. The molecule has 0 radical (unpaired) electrons. The molecule has 0 heterocycles. The third-order valence-corrected chi connectivity index (χ3v) is 2.82. The quantitative estimate of drug-likeness (QED) is 0.785. The van der Waals surface area contributed by atoms with Crippen LogP contribution in [0.1, 0.15) is 13.3 Å². The van der Waals surface area contributed by atoms with Crippen molar-refractivity contribution in [2.24, 2.45) is 0 Å². The molecule has 92 valence electrons. The molecule has 0 N–H and O–H groups in total. The molecular weight excluding hydrogens is 216 g/mol. The van der Waals surface area contributed by atoms with Crippen molar-refractivity contribution >= 4 is 5.69 Å². The molecule has 4 heteroatoms. The number of rotatable bonds is 5. The van der Waals surface area contributed by atoms with Crippen molar-refractivity contribution in [3.8, 4) is 17.6 Å². The minimum atomic E-state index is 0.165. The van der Waals surface area contributed by atoms with Crippen LogP contribution in [0.2, 0.25) is 0 Å². The van der Waals surface area contributed by atoms with E-state index in [-0.39, 0.29) is 6.04 Å². The zero-order valence-electron chi connectivity index (χ0n) is 10.7. The number of methoxy groups -OCH3 is 2. The molecule has 0 aliphatic rings. The van der Waals surface area contributed by atoms with Gasteiger partial charge in [-0.25, -0.2) is 0 Å². The van der Waals surface area contributed by atoms with Gasteiger partial charge in [0.05, 0.1) is 26.7 Å². The lowest BCUT2D eigenvalue weighted by Crippen LogP contribution is -2.28. The Morgan fingerprint density at radius 2 is 1.94 bits per heavy atom. The van der Waals surface area contributed by atoms with E-state index < -0.39 is 0 Å². The van der Waals surface area contributed by atoms with Crippen LogP contribution < -0.4 is 14.4 Å². The molecule has 0 spiro atoms. The van der Waals surface area contributed by atoms with Crippen LogP contribution in [0.5, 0.6) is 11.5 Å². The Labute approximate surface area is 102 Å². The van der Waals surface area contributed by atoms with Crippen LogP contribution in [-0.4, -0.2) is 27.3 Å². The molecule has 1 aromatic rings. The highest BCUT2D eigenvalue weighted by Gasteiger charge is 2.12. The van der Waals surface area contributed by atoms with Crippen LogP contribution in [0.25, 0.3) is 0 Å². The maximum absolute atomic E-state index is 8.69. The number of benzene rings is 1. The van der Waals surface area contributed by atoms with Crippen LogP contribution >= 0.6 is 0 Å². The standard InChI is InChI=1S/C13H18N2O2/c1-10(7-8-14)15(2)11-5-6-12(16-3)13(9-11)17-4/h5-6,9-10H,7H2,1-4H3. The first-order valence-corrected chi connectivity index (χ1v) is 5.45. The predicted octanol–water partition coefficient (Wildman–Crippen LogP) is 2.44. The summed E-state index contributed by atoms with van der Waals surface area (Å²) in [6.07, 6.45) is 0.491. The third-order valence-electron chi connectivity index (χ3n) is 2.82. The predicted molar refractivity (Wildman–Crippen MR) is 67.6 cm³/mol. The monoisotopic (exact) mass is 234 g/mol. The van der Waals surface area contributed by atoms with Crippen molar-refractivity contribution in [3.63, 3.8) is 0 Å². The normalized spacial score (nSPS) is 11.5. The molecule has 0 fully saturated rings. The molecule has 1 rings (SSSR count). The summed E-state index contributed by atoms with van der Waals surface area (Å²) >= 11 is 0. The van der Waals surface area contributed by atoms with Crippen LogP contribution in [0.15, 0.2) is 18.2 Å². The molecule has 0 aliphatic carbocycles. The maximum Gasteiger partial charge on any atom is 0.162 e. The van der Waals surface area contributed by atoms with Crippen molar-refractivity contribution < 1.29 is 9.47 Å². The van der Waals surface area contributed by atoms with Gasteiger partial charge in [0.1, 0.15) is 0 Å². The summed E-state index contributed by atoms with van der Waals surface area (Å²) in [5.74, 6) is 1.40. The fourth-order valence-electron chi connectivity index (χ4n) is 1.57. The molecule has 0 saturated carbocycles. The molecule has 0 amide bonds. The Hall–Kier alpha value is -1.89. The second kappa shape index (κ2) is 6.00. The van der Waals surface area contributed by atoms with Crippen molar-refractivity contribution in [2.45, 2.75) is 19.4 Å². The SMILES string of the molecule is COc1ccc(N(C)C(C)CC#N)cc1OC.